The minimum absolute atomic E-state index is 0.345. The molecular weight excluding hydrogens is 318 g/mol. The zero-order valence-electron chi connectivity index (χ0n) is 12.9. The van der Waals surface area contributed by atoms with Gasteiger partial charge in [-0.15, -0.1) is 0 Å². The predicted molar refractivity (Wildman–Crippen MR) is 85.0 cm³/mol. The van der Waals surface area contributed by atoms with Crippen LogP contribution in [0.1, 0.15) is 38.1 Å². The first-order chi connectivity index (χ1) is 9.54. The quantitative estimate of drug-likeness (QED) is 0.863. The van der Waals surface area contributed by atoms with Crippen molar-refractivity contribution in [1.29, 1.82) is 0 Å². The number of hydrogen-bond acceptors (Lipinski definition) is 3. The molecule has 5 heteroatoms. The van der Waals surface area contributed by atoms with E-state index in [0.29, 0.717) is 18.1 Å². The van der Waals surface area contributed by atoms with Gasteiger partial charge in [-0.25, -0.2) is 0 Å². The Balaban J connectivity index is 2.14. The fraction of sp³-hybridized carbons (Fsp3) is 0.800. The minimum Gasteiger partial charge on any atom is -0.378 e. The smallest absolute Gasteiger partial charge is 0.0738 e. The highest BCUT2D eigenvalue weighted by molar-refractivity contribution is 9.10. The number of nitrogens with zero attached hydrogens (tertiary/aromatic N) is 2. The van der Waals surface area contributed by atoms with Crippen molar-refractivity contribution in [1.82, 2.24) is 15.1 Å². The maximum Gasteiger partial charge on any atom is 0.0738 e. The van der Waals surface area contributed by atoms with E-state index in [0.717, 1.165) is 42.6 Å². The number of aryl methyl sites for hydroxylation is 2. The molecule has 1 N–H and O–H groups in total. The molecule has 20 heavy (non-hydrogen) atoms. The Hall–Kier alpha value is -0.390. The first kappa shape index (κ1) is 16.0. The molecule has 0 aliphatic carbocycles. The fourth-order valence-corrected chi connectivity index (χ4v) is 3.59. The SMILES string of the molecule is CCCNC(Cc1c(Br)c(C)nn1C)C1CCOC1C. The van der Waals surface area contributed by atoms with Crippen LogP contribution in [0.4, 0.5) is 0 Å². The van der Waals surface area contributed by atoms with Gasteiger partial charge in [0.05, 0.1) is 22.0 Å². The van der Waals surface area contributed by atoms with E-state index in [1.165, 1.54) is 5.69 Å². The predicted octanol–water partition coefficient (Wildman–Crippen LogP) is 2.83. The van der Waals surface area contributed by atoms with Crippen molar-refractivity contribution in [2.24, 2.45) is 13.0 Å². The van der Waals surface area contributed by atoms with Gasteiger partial charge in [-0.1, -0.05) is 6.92 Å². The van der Waals surface area contributed by atoms with Crippen LogP contribution < -0.4 is 5.32 Å². The number of rotatable bonds is 6. The van der Waals surface area contributed by atoms with Crippen molar-refractivity contribution in [2.75, 3.05) is 13.2 Å². The highest BCUT2D eigenvalue weighted by Gasteiger charge is 2.32. The highest BCUT2D eigenvalue weighted by Crippen LogP contribution is 2.28. The fourth-order valence-electron chi connectivity index (χ4n) is 3.09. The summed E-state index contributed by atoms with van der Waals surface area (Å²) in [4.78, 5) is 0. The molecule has 0 radical (unpaired) electrons. The van der Waals surface area contributed by atoms with Crippen molar-refractivity contribution in [3.8, 4) is 0 Å². The molecule has 1 aliphatic rings. The van der Waals surface area contributed by atoms with E-state index >= 15 is 0 Å². The third-order valence-electron chi connectivity index (χ3n) is 4.28. The number of ether oxygens (including phenoxy) is 1. The van der Waals surface area contributed by atoms with Crippen LogP contribution in [-0.2, 0) is 18.2 Å². The molecule has 114 valence electrons. The zero-order valence-corrected chi connectivity index (χ0v) is 14.5. The van der Waals surface area contributed by atoms with E-state index in [9.17, 15) is 0 Å². The molecule has 1 aliphatic heterocycles. The lowest BCUT2D eigenvalue weighted by Gasteiger charge is -2.27. The number of hydrogen-bond donors (Lipinski definition) is 1. The second kappa shape index (κ2) is 7.05. The first-order valence-electron chi connectivity index (χ1n) is 7.57. The molecule has 4 nitrogen and oxygen atoms in total. The van der Waals surface area contributed by atoms with Crippen molar-refractivity contribution in [2.45, 2.75) is 52.2 Å². The summed E-state index contributed by atoms with van der Waals surface area (Å²) in [6.07, 6.45) is 3.65. The largest absolute Gasteiger partial charge is 0.378 e. The molecule has 0 bridgehead atoms. The van der Waals surface area contributed by atoms with Gasteiger partial charge in [-0.05, 0) is 49.2 Å². The van der Waals surface area contributed by atoms with Gasteiger partial charge in [0.15, 0.2) is 0 Å². The maximum atomic E-state index is 5.76. The Kier molecular flexibility index (Phi) is 5.64. The minimum atomic E-state index is 0.345. The Bertz CT molecular complexity index is 447. The monoisotopic (exact) mass is 343 g/mol. The Morgan fingerprint density at radius 3 is 2.80 bits per heavy atom. The first-order valence-corrected chi connectivity index (χ1v) is 8.36. The van der Waals surface area contributed by atoms with Crippen LogP contribution in [0.2, 0.25) is 0 Å². The number of nitrogens with one attached hydrogen (secondary N) is 1. The Labute approximate surface area is 130 Å². The van der Waals surface area contributed by atoms with Gasteiger partial charge >= 0.3 is 0 Å². The second-order valence-electron chi connectivity index (χ2n) is 5.76. The van der Waals surface area contributed by atoms with Crippen LogP contribution in [0.15, 0.2) is 4.47 Å². The Morgan fingerprint density at radius 2 is 2.30 bits per heavy atom. The molecule has 0 spiro atoms. The number of aromatic nitrogens is 2. The van der Waals surface area contributed by atoms with Gasteiger partial charge in [-0.2, -0.15) is 5.10 Å². The van der Waals surface area contributed by atoms with Gasteiger partial charge in [0.1, 0.15) is 0 Å². The maximum absolute atomic E-state index is 5.76. The van der Waals surface area contributed by atoms with E-state index in [-0.39, 0.29) is 0 Å². The molecule has 2 rings (SSSR count). The van der Waals surface area contributed by atoms with Crippen LogP contribution >= 0.6 is 15.9 Å². The van der Waals surface area contributed by atoms with Gasteiger partial charge in [-0.3, -0.25) is 4.68 Å². The molecule has 0 aromatic carbocycles. The number of halogens is 1. The van der Waals surface area contributed by atoms with Gasteiger partial charge < -0.3 is 10.1 Å². The van der Waals surface area contributed by atoms with Crippen molar-refractivity contribution in [3.05, 3.63) is 15.9 Å². The molecule has 1 fully saturated rings. The summed E-state index contributed by atoms with van der Waals surface area (Å²) in [7, 11) is 2.03. The van der Waals surface area contributed by atoms with Crippen LogP contribution in [-0.4, -0.2) is 35.1 Å². The normalized spacial score (nSPS) is 24.2. The topological polar surface area (TPSA) is 39.1 Å². The molecule has 2 heterocycles. The van der Waals surface area contributed by atoms with E-state index in [1.807, 2.05) is 18.7 Å². The Morgan fingerprint density at radius 1 is 1.55 bits per heavy atom. The van der Waals surface area contributed by atoms with Gasteiger partial charge in [0.2, 0.25) is 0 Å². The summed E-state index contributed by atoms with van der Waals surface area (Å²) >= 11 is 3.68. The van der Waals surface area contributed by atoms with Crippen LogP contribution in [0.5, 0.6) is 0 Å². The van der Waals surface area contributed by atoms with Gasteiger partial charge in [0.25, 0.3) is 0 Å². The molecule has 0 saturated carbocycles. The lowest BCUT2D eigenvalue weighted by atomic mass is 9.90. The standard InChI is InChI=1S/C15H26BrN3O/c1-5-7-17-13(12-6-8-20-11(12)3)9-14-15(16)10(2)18-19(14)4/h11-13,17H,5-9H2,1-4H3. The van der Waals surface area contributed by atoms with Crippen molar-refractivity contribution in [3.63, 3.8) is 0 Å². The highest BCUT2D eigenvalue weighted by atomic mass is 79.9. The molecular formula is C15H26BrN3O. The summed E-state index contributed by atoms with van der Waals surface area (Å²) in [5, 5.41) is 8.21. The average Bonchev–Trinajstić information content (AvgIpc) is 2.93. The van der Waals surface area contributed by atoms with Gasteiger partial charge in [0, 0.05) is 32.0 Å². The molecule has 3 unspecified atom stereocenters. The second-order valence-corrected chi connectivity index (χ2v) is 6.56. The van der Waals surface area contributed by atoms with E-state index in [1.54, 1.807) is 0 Å². The molecule has 1 aromatic rings. The molecule has 3 atom stereocenters. The van der Waals surface area contributed by atoms with E-state index in [4.69, 9.17) is 4.74 Å². The summed E-state index contributed by atoms with van der Waals surface area (Å²) in [5.41, 5.74) is 2.34. The van der Waals surface area contributed by atoms with E-state index in [2.05, 4.69) is 40.2 Å². The molecule has 1 saturated heterocycles. The van der Waals surface area contributed by atoms with Crippen LogP contribution in [0, 0.1) is 12.8 Å². The molecule has 0 amide bonds. The summed E-state index contributed by atoms with van der Waals surface area (Å²) < 4.78 is 8.90. The zero-order chi connectivity index (χ0) is 14.7. The summed E-state index contributed by atoms with van der Waals surface area (Å²) in [6, 6.07) is 0.457. The third-order valence-corrected chi connectivity index (χ3v) is 5.31. The molecule has 1 aromatic heterocycles. The van der Waals surface area contributed by atoms with Crippen molar-refractivity contribution < 1.29 is 4.74 Å². The lowest BCUT2D eigenvalue weighted by Crippen LogP contribution is -2.41. The van der Waals surface area contributed by atoms with Crippen LogP contribution in [0.25, 0.3) is 0 Å². The van der Waals surface area contributed by atoms with Crippen LogP contribution in [0.3, 0.4) is 0 Å². The third kappa shape index (κ3) is 3.43. The van der Waals surface area contributed by atoms with E-state index < -0.39 is 0 Å². The average molecular weight is 344 g/mol. The lowest BCUT2D eigenvalue weighted by molar-refractivity contribution is 0.0951. The summed E-state index contributed by atoms with van der Waals surface area (Å²) in [5.74, 6) is 0.587. The summed E-state index contributed by atoms with van der Waals surface area (Å²) in [6.45, 7) is 8.40. The van der Waals surface area contributed by atoms with Crippen molar-refractivity contribution >= 4 is 15.9 Å².